The molecule has 0 radical (unpaired) electrons. The molecule has 1 fully saturated rings. The Kier molecular flexibility index (Phi) is 5.15. The van der Waals surface area contributed by atoms with Crippen LogP contribution in [0, 0.1) is 5.82 Å². The third-order valence-corrected chi connectivity index (χ3v) is 4.78. The number of aromatic nitrogens is 4. The highest BCUT2D eigenvalue weighted by Gasteiger charge is 2.32. The number of likely N-dealkylation sites (N-methyl/N-ethyl adjacent to an activating group) is 1. The predicted octanol–water partition coefficient (Wildman–Crippen LogP) is 2.29. The molecule has 2 aromatic rings. The van der Waals surface area contributed by atoms with Crippen molar-refractivity contribution in [2.45, 2.75) is 39.3 Å². The van der Waals surface area contributed by atoms with Crippen molar-refractivity contribution in [2.24, 2.45) is 0 Å². The van der Waals surface area contributed by atoms with Crippen LogP contribution in [0.4, 0.5) is 4.39 Å². The molecule has 0 N–H and O–H groups in total. The number of halogens is 1. The SMILES string of the molecule is CCN1CCN([C@@H](c2ccc(F)cc2)c2nnnn2C(C)(C)C)CC1. The first-order chi connectivity index (χ1) is 11.9. The van der Waals surface area contributed by atoms with Crippen LogP contribution < -0.4 is 0 Å². The molecule has 1 aromatic carbocycles. The maximum atomic E-state index is 13.4. The quantitative estimate of drug-likeness (QED) is 0.850. The van der Waals surface area contributed by atoms with Crippen molar-refractivity contribution < 1.29 is 4.39 Å². The molecule has 6 nitrogen and oxygen atoms in total. The van der Waals surface area contributed by atoms with Crippen molar-refractivity contribution in [2.75, 3.05) is 32.7 Å². The largest absolute Gasteiger partial charge is 0.301 e. The summed E-state index contributed by atoms with van der Waals surface area (Å²) in [7, 11) is 0. The molecule has 1 aliphatic heterocycles. The number of nitrogens with zero attached hydrogens (tertiary/aromatic N) is 6. The Morgan fingerprint density at radius 1 is 1.08 bits per heavy atom. The van der Waals surface area contributed by atoms with Crippen LogP contribution in [-0.2, 0) is 5.54 Å². The summed E-state index contributed by atoms with van der Waals surface area (Å²) < 4.78 is 15.3. The number of tetrazole rings is 1. The lowest BCUT2D eigenvalue weighted by Crippen LogP contribution is -2.48. The standard InChI is InChI=1S/C18H27FN6/c1-5-23-10-12-24(13-11-23)16(14-6-8-15(19)9-7-14)17-20-21-22-25(17)18(2,3)4/h6-9,16H,5,10-13H2,1-4H3/t16-/m0/s1. The van der Waals surface area contributed by atoms with Crippen LogP contribution in [0.3, 0.4) is 0 Å². The van der Waals surface area contributed by atoms with Gasteiger partial charge in [0.15, 0.2) is 5.82 Å². The number of hydrogen-bond acceptors (Lipinski definition) is 5. The average Bonchev–Trinajstić information content (AvgIpc) is 3.07. The van der Waals surface area contributed by atoms with Crippen LogP contribution in [0.1, 0.15) is 45.1 Å². The fourth-order valence-corrected chi connectivity index (χ4v) is 3.35. The van der Waals surface area contributed by atoms with E-state index >= 15 is 0 Å². The second-order valence-corrected chi connectivity index (χ2v) is 7.54. The molecule has 136 valence electrons. The maximum absolute atomic E-state index is 13.4. The van der Waals surface area contributed by atoms with E-state index in [1.165, 1.54) is 12.1 Å². The molecule has 0 amide bonds. The first kappa shape index (κ1) is 17.9. The summed E-state index contributed by atoms with van der Waals surface area (Å²) in [5.41, 5.74) is 0.800. The Morgan fingerprint density at radius 3 is 2.28 bits per heavy atom. The van der Waals surface area contributed by atoms with E-state index in [0.717, 1.165) is 44.1 Å². The summed E-state index contributed by atoms with van der Waals surface area (Å²) in [6, 6.07) is 6.63. The lowest BCUT2D eigenvalue weighted by atomic mass is 10.0. The summed E-state index contributed by atoms with van der Waals surface area (Å²) in [5.74, 6) is 0.581. The van der Waals surface area contributed by atoms with Gasteiger partial charge < -0.3 is 4.90 Å². The fraction of sp³-hybridized carbons (Fsp3) is 0.611. The lowest BCUT2D eigenvalue weighted by molar-refractivity contribution is 0.106. The van der Waals surface area contributed by atoms with Gasteiger partial charge in [0.2, 0.25) is 0 Å². The third kappa shape index (κ3) is 3.88. The minimum absolute atomic E-state index is 0.0752. The minimum atomic E-state index is -0.228. The number of rotatable bonds is 4. The zero-order chi connectivity index (χ0) is 18.0. The van der Waals surface area contributed by atoms with E-state index in [0.29, 0.717) is 0 Å². The van der Waals surface area contributed by atoms with E-state index in [1.54, 1.807) is 0 Å². The lowest BCUT2D eigenvalue weighted by Gasteiger charge is -2.39. The van der Waals surface area contributed by atoms with Crippen LogP contribution in [-0.4, -0.2) is 62.7 Å². The number of piperazine rings is 1. The van der Waals surface area contributed by atoms with E-state index in [1.807, 2.05) is 16.8 Å². The number of benzene rings is 1. The topological polar surface area (TPSA) is 50.1 Å². The first-order valence-electron chi connectivity index (χ1n) is 8.90. The van der Waals surface area contributed by atoms with E-state index in [4.69, 9.17) is 0 Å². The van der Waals surface area contributed by atoms with Crippen LogP contribution in [0.15, 0.2) is 24.3 Å². The van der Waals surface area contributed by atoms with Crippen LogP contribution >= 0.6 is 0 Å². The van der Waals surface area contributed by atoms with Crippen molar-refractivity contribution in [3.8, 4) is 0 Å². The summed E-state index contributed by atoms with van der Waals surface area (Å²) in [6.07, 6.45) is 0. The molecule has 0 spiro atoms. The van der Waals surface area contributed by atoms with Gasteiger partial charge in [0.25, 0.3) is 0 Å². The first-order valence-corrected chi connectivity index (χ1v) is 8.90. The van der Waals surface area contributed by atoms with Gasteiger partial charge in [0, 0.05) is 26.2 Å². The molecule has 0 bridgehead atoms. The highest BCUT2D eigenvalue weighted by Crippen LogP contribution is 2.30. The van der Waals surface area contributed by atoms with Crippen molar-refractivity contribution >= 4 is 0 Å². The van der Waals surface area contributed by atoms with Gasteiger partial charge in [0.1, 0.15) is 5.82 Å². The van der Waals surface area contributed by atoms with Gasteiger partial charge in [-0.15, -0.1) is 5.10 Å². The van der Waals surface area contributed by atoms with Gasteiger partial charge in [-0.1, -0.05) is 19.1 Å². The van der Waals surface area contributed by atoms with E-state index < -0.39 is 0 Å². The van der Waals surface area contributed by atoms with Crippen LogP contribution in [0.25, 0.3) is 0 Å². The Labute approximate surface area is 148 Å². The van der Waals surface area contributed by atoms with Gasteiger partial charge in [-0.3, -0.25) is 4.90 Å². The second-order valence-electron chi connectivity index (χ2n) is 7.54. The molecule has 1 aliphatic rings. The van der Waals surface area contributed by atoms with Gasteiger partial charge >= 0.3 is 0 Å². The van der Waals surface area contributed by atoms with E-state index in [2.05, 4.69) is 53.0 Å². The molecular formula is C18H27FN6. The molecule has 0 saturated carbocycles. The number of hydrogen-bond donors (Lipinski definition) is 0. The molecule has 1 aromatic heterocycles. The highest BCUT2D eigenvalue weighted by atomic mass is 19.1. The van der Waals surface area contributed by atoms with Gasteiger partial charge in [0.05, 0.1) is 11.6 Å². The van der Waals surface area contributed by atoms with Crippen LogP contribution in [0.5, 0.6) is 0 Å². The molecule has 3 rings (SSSR count). The van der Waals surface area contributed by atoms with Crippen molar-refractivity contribution in [3.63, 3.8) is 0 Å². The Morgan fingerprint density at radius 2 is 1.72 bits per heavy atom. The molecular weight excluding hydrogens is 319 g/mol. The minimum Gasteiger partial charge on any atom is -0.301 e. The Bertz CT molecular complexity index is 682. The molecule has 0 aliphatic carbocycles. The molecule has 25 heavy (non-hydrogen) atoms. The third-order valence-electron chi connectivity index (χ3n) is 4.78. The predicted molar refractivity (Wildman–Crippen MR) is 94.7 cm³/mol. The van der Waals surface area contributed by atoms with Crippen molar-refractivity contribution in [1.29, 1.82) is 0 Å². The van der Waals surface area contributed by atoms with Crippen LogP contribution in [0.2, 0.25) is 0 Å². The zero-order valence-corrected chi connectivity index (χ0v) is 15.5. The van der Waals surface area contributed by atoms with E-state index in [-0.39, 0.29) is 17.4 Å². The maximum Gasteiger partial charge on any atom is 0.173 e. The molecule has 1 atom stereocenters. The summed E-state index contributed by atoms with van der Waals surface area (Å²) in [5, 5.41) is 12.5. The second kappa shape index (κ2) is 7.17. The van der Waals surface area contributed by atoms with Crippen molar-refractivity contribution in [1.82, 2.24) is 30.0 Å². The van der Waals surface area contributed by atoms with Gasteiger partial charge in [-0.25, -0.2) is 9.07 Å². The smallest absolute Gasteiger partial charge is 0.173 e. The summed E-state index contributed by atoms with van der Waals surface area (Å²) in [4.78, 5) is 4.83. The molecule has 2 heterocycles. The van der Waals surface area contributed by atoms with Crippen molar-refractivity contribution in [3.05, 3.63) is 41.5 Å². The van der Waals surface area contributed by atoms with E-state index in [9.17, 15) is 4.39 Å². The Hall–Kier alpha value is -1.86. The van der Waals surface area contributed by atoms with Gasteiger partial charge in [-0.05, 0) is 55.4 Å². The average molecular weight is 346 g/mol. The van der Waals surface area contributed by atoms with Gasteiger partial charge in [-0.2, -0.15) is 0 Å². The normalized spacial score (nSPS) is 18.4. The fourth-order valence-electron chi connectivity index (χ4n) is 3.35. The monoisotopic (exact) mass is 346 g/mol. The summed E-state index contributed by atoms with van der Waals surface area (Å²) in [6.45, 7) is 13.4. The molecule has 7 heteroatoms. The Balaban J connectivity index is 1.98. The molecule has 1 saturated heterocycles. The zero-order valence-electron chi connectivity index (χ0n) is 15.5. The molecule has 0 unspecified atom stereocenters. The summed E-state index contributed by atoms with van der Waals surface area (Å²) >= 11 is 0. The highest BCUT2D eigenvalue weighted by molar-refractivity contribution is 5.26.